The summed E-state index contributed by atoms with van der Waals surface area (Å²) in [6.07, 6.45) is 2.18. The molecule has 53 heavy (non-hydrogen) atoms. The highest BCUT2D eigenvalue weighted by Crippen LogP contribution is 2.27. The molecule has 3 rings (SSSR count). The maximum absolute atomic E-state index is 13.0. The first-order valence-electron chi connectivity index (χ1n) is 16.4. The van der Waals surface area contributed by atoms with E-state index in [1.54, 1.807) is 20.8 Å². The molecule has 0 bridgehead atoms. The molecular weight excluding hydrogens is 692 g/mol. The molecule has 0 unspecified atom stereocenters. The molecule has 0 radical (unpaired) electrons. The Kier molecular flexibility index (Phi) is 16.3. The number of esters is 4. The Hall–Kier alpha value is -6.44. The smallest absolute Gasteiger partial charge is 0.463 e. The van der Waals surface area contributed by atoms with Crippen LogP contribution < -0.4 is 18.9 Å². The maximum Gasteiger partial charge on any atom is 0.513 e. The van der Waals surface area contributed by atoms with Crippen LogP contribution in [0.5, 0.6) is 23.0 Å². The Labute approximate surface area is 306 Å². The lowest BCUT2D eigenvalue weighted by Gasteiger charge is -2.12. The molecule has 0 saturated heterocycles. The van der Waals surface area contributed by atoms with Crippen molar-refractivity contribution < 1.29 is 66.7 Å². The highest BCUT2D eigenvalue weighted by Gasteiger charge is 2.18. The van der Waals surface area contributed by atoms with Crippen molar-refractivity contribution in [3.05, 3.63) is 108 Å². The van der Waals surface area contributed by atoms with Crippen LogP contribution in [0.3, 0.4) is 0 Å². The summed E-state index contributed by atoms with van der Waals surface area (Å²) in [7, 11) is 0. The lowest BCUT2D eigenvalue weighted by atomic mass is 10.1. The van der Waals surface area contributed by atoms with Crippen molar-refractivity contribution in [1.82, 2.24) is 0 Å². The molecule has 0 N–H and O–H groups in total. The molecule has 0 saturated carbocycles. The fourth-order valence-electron chi connectivity index (χ4n) is 4.41. The molecular formula is C39H40O14. The molecule has 3 aromatic carbocycles. The number of rotatable bonds is 18. The van der Waals surface area contributed by atoms with Crippen molar-refractivity contribution in [3.63, 3.8) is 0 Å². The first-order valence-corrected chi connectivity index (χ1v) is 16.4. The topological polar surface area (TPSA) is 176 Å². The summed E-state index contributed by atoms with van der Waals surface area (Å²) in [5.74, 6) is -1.60. The van der Waals surface area contributed by atoms with Gasteiger partial charge in [-0.15, -0.1) is 0 Å². The maximum atomic E-state index is 13.0. The largest absolute Gasteiger partial charge is 0.513 e. The molecule has 0 atom stereocenters. The minimum absolute atomic E-state index is 0.0651. The normalized spacial score (nSPS) is 10.2. The molecule has 14 heteroatoms. The number of carbonyl (C=O) groups is 6. The summed E-state index contributed by atoms with van der Waals surface area (Å²) < 4.78 is 41.2. The van der Waals surface area contributed by atoms with Gasteiger partial charge in [0.25, 0.3) is 0 Å². The summed E-state index contributed by atoms with van der Waals surface area (Å²) >= 11 is 0. The fraction of sp³-hybridized carbons (Fsp3) is 0.282. The highest BCUT2D eigenvalue weighted by atomic mass is 16.7. The zero-order chi connectivity index (χ0) is 38.8. The average molecular weight is 733 g/mol. The van der Waals surface area contributed by atoms with E-state index in [1.807, 2.05) is 0 Å². The molecule has 0 amide bonds. The number of hydrogen-bond acceptors (Lipinski definition) is 14. The molecule has 0 aromatic heterocycles. The first-order chi connectivity index (χ1) is 25.4. The number of unbranched alkanes of at least 4 members (excludes halogenated alkanes) is 2. The van der Waals surface area contributed by atoms with E-state index >= 15 is 0 Å². The second kappa shape index (κ2) is 21.0. The van der Waals surface area contributed by atoms with Crippen LogP contribution in [-0.2, 0) is 28.5 Å². The molecule has 280 valence electrons. The van der Waals surface area contributed by atoms with Crippen LogP contribution in [0.4, 0.5) is 9.59 Å². The van der Waals surface area contributed by atoms with Gasteiger partial charge in [0.1, 0.15) is 23.0 Å². The predicted octanol–water partition coefficient (Wildman–Crippen LogP) is 7.10. The van der Waals surface area contributed by atoms with Gasteiger partial charge in [-0.2, -0.15) is 0 Å². The lowest BCUT2D eigenvalue weighted by molar-refractivity contribution is -0.138. The Bertz CT molecular complexity index is 1830. The third-order valence-corrected chi connectivity index (χ3v) is 7.14. The number of carbonyl (C=O) groups excluding carboxylic acids is 6. The standard InChI is InChI=1S/C39H40O14/c1-6-34(40)46-18-8-10-20-48-38(44)51-29-12-15-31(25(3)22-29)36(42)50-28-14-17-33(27(5)24-28)53-37(43)32-16-13-30(23-26(32)4)52-39(45)49-21-11-9-19-47-35(41)7-2/h6-7,12-17,22-24H,1-2,8-11,18-21H2,3-5H3. The van der Waals surface area contributed by atoms with E-state index < -0.39 is 36.2 Å². The Morgan fingerprint density at radius 3 is 1.28 bits per heavy atom. The van der Waals surface area contributed by atoms with Crippen LogP contribution in [0.1, 0.15) is 63.1 Å². The second-order valence-corrected chi connectivity index (χ2v) is 11.2. The van der Waals surface area contributed by atoms with Gasteiger partial charge in [0.2, 0.25) is 0 Å². The van der Waals surface area contributed by atoms with E-state index in [2.05, 4.69) is 13.2 Å². The Morgan fingerprint density at radius 2 is 0.868 bits per heavy atom. The monoisotopic (exact) mass is 732 g/mol. The summed E-state index contributed by atoms with van der Waals surface area (Å²) in [6, 6.07) is 13.2. The predicted molar refractivity (Wildman–Crippen MR) is 188 cm³/mol. The Morgan fingerprint density at radius 1 is 0.491 bits per heavy atom. The quantitative estimate of drug-likeness (QED) is 0.0323. The zero-order valence-electron chi connectivity index (χ0n) is 29.6. The van der Waals surface area contributed by atoms with E-state index in [4.69, 9.17) is 37.9 Å². The van der Waals surface area contributed by atoms with Crippen LogP contribution in [0.15, 0.2) is 79.9 Å². The fourth-order valence-corrected chi connectivity index (χ4v) is 4.41. The number of benzene rings is 3. The minimum Gasteiger partial charge on any atom is -0.463 e. The minimum atomic E-state index is -0.923. The molecule has 0 aliphatic carbocycles. The summed E-state index contributed by atoms with van der Waals surface area (Å²) in [6.45, 7) is 12.1. The van der Waals surface area contributed by atoms with Gasteiger partial charge in [-0.05, 0) is 118 Å². The van der Waals surface area contributed by atoms with E-state index in [-0.39, 0.29) is 60.6 Å². The molecule has 0 spiro atoms. The van der Waals surface area contributed by atoms with E-state index in [0.29, 0.717) is 42.4 Å². The molecule has 0 heterocycles. The number of ether oxygens (including phenoxy) is 8. The third-order valence-electron chi connectivity index (χ3n) is 7.14. The van der Waals surface area contributed by atoms with Crippen molar-refractivity contribution in [2.75, 3.05) is 26.4 Å². The van der Waals surface area contributed by atoms with Gasteiger partial charge in [0.15, 0.2) is 0 Å². The molecule has 14 nitrogen and oxygen atoms in total. The van der Waals surface area contributed by atoms with Gasteiger partial charge in [-0.3, -0.25) is 0 Å². The van der Waals surface area contributed by atoms with E-state index in [9.17, 15) is 28.8 Å². The number of aryl methyl sites for hydroxylation is 3. The van der Waals surface area contributed by atoms with Crippen molar-refractivity contribution in [3.8, 4) is 23.0 Å². The molecule has 3 aromatic rings. The van der Waals surface area contributed by atoms with Gasteiger partial charge in [-0.25, -0.2) is 28.8 Å². The van der Waals surface area contributed by atoms with Crippen LogP contribution in [0.2, 0.25) is 0 Å². The van der Waals surface area contributed by atoms with Crippen molar-refractivity contribution in [1.29, 1.82) is 0 Å². The van der Waals surface area contributed by atoms with Crippen LogP contribution in [-0.4, -0.2) is 62.6 Å². The summed E-state index contributed by atoms with van der Waals surface area (Å²) in [5, 5.41) is 0. The van der Waals surface area contributed by atoms with Crippen molar-refractivity contribution in [2.24, 2.45) is 0 Å². The van der Waals surface area contributed by atoms with Gasteiger partial charge in [-0.1, -0.05) is 13.2 Å². The van der Waals surface area contributed by atoms with Gasteiger partial charge >= 0.3 is 36.2 Å². The van der Waals surface area contributed by atoms with Gasteiger partial charge in [0, 0.05) is 12.2 Å². The Balaban J connectivity index is 1.47. The zero-order valence-corrected chi connectivity index (χ0v) is 29.6. The highest BCUT2D eigenvalue weighted by molar-refractivity contribution is 5.94. The van der Waals surface area contributed by atoms with E-state index in [0.717, 1.165) is 12.2 Å². The number of hydrogen-bond donors (Lipinski definition) is 0. The van der Waals surface area contributed by atoms with Gasteiger partial charge in [0.05, 0.1) is 37.6 Å². The molecule has 0 fully saturated rings. The van der Waals surface area contributed by atoms with Crippen LogP contribution in [0.25, 0.3) is 0 Å². The second-order valence-electron chi connectivity index (χ2n) is 11.2. The van der Waals surface area contributed by atoms with Crippen LogP contribution in [0, 0.1) is 20.8 Å². The van der Waals surface area contributed by atoms with E-state index in [1.165, 1.54) is 54.6 Å². The average Bonchev–Trinajstić information content (AvgIpc) is 3.12. The first kappa shape index (κ1) is 41.0. The van der Waals surface area contributed by atoms with Crippen molar-refractivity contribution >= 4 is 36.2 Å². The summed E-state index contributed by atoms with van der Waals surface area (Å²) in [4.78, 5) is 72.0. The summed E-state index contributed by atoms with van der Waals surface area (Å²) in [5.41, 5.74) is 1.94. The van der Waals surface area contributed by atoms with Gasteiger partial charge < -0.3 is 37.9 Å². The third kappa shape index (κ3) is 14.0. The van der Waals surface area contributed by atoms with Crippen molar-refractivity contribution in [2.45, 2.75) is 46.5 Å². The molecule has 0 aliphatic heterocycles. The SMILES string of the molecule is C=CC(=O)OCCCCOC(=O)Oc1ccc(C(=O)Oc2ccc(OC(=O)c3ccc(OC(=O)OCCCCOC(=O)C=C)cc3C)c(C)c2)c(C)c1. The molecule has 0 aliphatic rings. The van der Waals surface area contributed by atoms with Crippen LogP contribution >= 0.6 is 0 Å². The lowest BCUT2D eigenvalue weighted by Crippen LogP contribution is -2.14.